The van der Waals surface area contributed by atoms with Crippen LogP contribution in [-0.2, 0) is 9.84 Å². The number of hydrogen-bond acceptors (Lipinski definition) is 6. The summed E-state index contributed by atoms with van der Waals surface area (Å²) in [5.74, 6) is 2.61. The van der Waals surface area contributed by atoms with Crippen molar-refractivity contribution in [3.8, 4) is 0 Å². The second-order valence-corrected chi connectivity index (χ2v) is 9.17. The molecule has 0 aliphatic carbocycles. The molecule has 0 saturated carbocycles. The van der Waals surface area contributed by atoms with E-state index in [1.807, 2.05) is 26.0 Å². The summed E-state index contributed by atoms with van der Waals surface area (Å²) >= 11 is 0. The van der Waals surface area contributed by atoms with Crippen molar-refractivity contribution in [2.75, 3.05) is 28.3 Å². The Labute approximate surface area is 155 Å². The predicted octanol–water partition coefficient (Wildman–Crippen LogP) is 3.16. The van der Waals surface area contributed by atoms with Crippen molar-refractivity contribution >= 4 is 27.2 Å². The molecule has 1 fully saturated rings. The predicted molar refractivity (Wildman–Crippen MR) is 106 cm³/mol. The maximum absolute atomic E-state index is 11.9. The van der Waals surface area contributed by atoms with Crippen LogP contribution in [0.5, 0.6) is 0 Å². The zero-order valence-electron chi connectivity index (χ0n) is 15.8. The Morgan fingerprint density at radius 3 is 2.58 bits per heavy atom. The van der Waals surface area contributed by atoms with Crippen LogP contribution in [0.2, 0.25) is 0 Å². The summed E-state index contributed by atoms with van der Waals surface area (Å²) in [5, 5.41) is 3.37. The van der Waals surface area contributed by atoms with Crippen LogP contribution < -0.4 is 10.2 Å². The average Bonchev–Trinajstić information content (AvgIpc) is 2.90. The van der Waals surface area contributed by atoms with E-state index in [-0.39, 0.29) is 17.5 Å². The highest BCUT2D eigenvalue weighted by Crippen LogP contribution is 2.26. The third-order valence-electron chi connectivity index (χ3n) is 4.75. The Kier molecular flexibility index (Phi) is 5.18. The molecule has 0 bridgehead atoms. The highest BCUT2D eigenvalue weighted by atomic mass is 32.2. The minimum absolute atomic E-state index is 0.0201. The maximum Gasteiger partial charge on any atom is 0.152 e. The van der Waals surface area contributed by atoms with Crippen LogP contribution in [0.3, 0.4) is 0 Å². The second kappa shape index (κ2) is 7.23. The van der Waals surface area contributed by atoms with E-state index in [0.717, 1.165) is 22.9 Å². The molecule has 1 N–H and O–H groups in total. The molecule has 0 spiro atoms. The molecule has 2 aromatic rings. The molecule has 1 atom stereocenters. The van der Waals surface area contributed by atoms with Gasteiger partial charge in [-0.05, 0) is 45.7 Å². The summed E-state index contributed by atoms with van der Waals surface area (Å²) in [5.41, 5.74) is 3.37. The molecular formula is C19H26N4O2S. The molecule has 1 unspecified atom stereocenters. The summed E-state index contributed by atoms with van der Waals surface area (Å²) in [7, 11) is -2.94. The number of benzene rings is 1. The molecular weight excluding hydrogens is 348 g/mol. The normalized spacial score (nSPS) is 18.7. The lowest BCUT2D eigenvalue weighted by Gasteiger charge is -2.28. The molecule has 0 radical (unpaired) electrons. The summed E-state index contributed by atoms with van der Waals surface area (Å²) in [4.78, 5) is 11.1. The fourth-order valence-electron chi connectivity index (χ4n) is 3.48. The van der Waals surface area contributed by atoms with E-state index in [4.69, 9.17) is 0 Å². The first-order valence-electron chi connectivity index (χ1n) is 8.94. The van der Waals surface area contributed by atoms with Gasteiger partial charge < -0.3 is 10.2 Å². The molecule has 2 heterocycles. The Morgan fingerprint density at radius 1 is 1.19 bits per heavy atom. The highest BCUT2D eigenvalue weighted by molar-refractivity contribution is 7.91. The van der Waals surface area contributed by atoms with Crippen LogP contribution in [0.4, 0.5) is 17.3 Å². The van der Waals surface area contributed by atoms with E-state index in [1.54, 1.807) is 0 Å². The van der Waals surface area contributed by atoms with Gasteiger partial charge in [-0.25, -0.2) is 18.4 Å². The van der Waals surface area contributed by atoms with Crippen LogP contribution >= 0.6 is 0 Å². The lowest BCUT2D eigenvalue weighted by atomic mass is 10.1. The molecule has 3 rings (SSSR count). The van der Waals surface area contributed by atoms with Gasteiger partial charge in [-0.1, -0.05) is 17.7 Å². The van der Waals surface area contributed by atoms with Crippen molar-refractivity contribution in [3.05, 3.63) is 41.2 Å². The van der Waals surface area contributed by atoms with Gasteiger partial charge in [0.2, 0.25) is 0 Å². The average molecular weight is 375 g/mol. The smallest absolute Gasteiger partial charge is 0.152 e. The summed E-state index contributed by atoms with van der Waals surface area (Å²) in [6.07, 6.45) is 0.652. The van der Waals surface area contributed by atoms with E-state index >= 15 is 0 Å². The molecule has 140 valence electrons. The van der Waals surface area contributed by atoms with E-state index < -0.39 is 9.84 Å². The zero-order valence-corrected chi connectivity index (χ0v) is 16.6. The quantitative estimate of drug-likeness (QED) is 0.866. The summed E-state index contributed by atoms with van der Waals surface area (Å²) in [6.45, 7) is 8.72. The van der Waals surface area contributed by atoms with Crippen LogP contribution in [0.15, 0.2) is 24.3 Å². The van der Waals surface area contributed by atoms with E-state index in [0.29, 0.717) is 18.8 Å². The summed E-state index contributed by atoms with van der Waals surface area (Å²) < 4.78 is 23.7. The number of anilines is 3. The fraction of sp³-hybridized carbons (Fsp3) is 0.474. The topological polar surface area (TPSA) is 75.2 Å². The van der Waals surface area contributed by atoms with Crippen LogP contribution in [0.1, 0.15) is 30.3 Å². The van der Waals surface area contributed by atoms with Gasteiger partial charge in [-0.3, -0.25) is 0 Å². The number of rotatable bonds is 5. The lowest BCUT2D eigenvalue weighted by molar-refractivity contribution is 0.599. The lowest BCUT2D eigenvalue weighted by Crippen LogP contribution is -2.37. The highest BCUT2D eigenvalue weighted by Gasteiger charge is 2.32. The molecule has 1 aliphatic rings. The molecule has 6 nitrogen and oxygen atoms in total. The van der Waals surface area contributed by atoms with E-state index in [2.05, 4.69) is 46.2 Å². The van der Waals surface area contributed by atoms with Gasteiger partial charge in [0.15, 0.2) is 9.84 Å². The number of aryl methyl sites for hydroxylation is 3. The Morgan fingerprint density at radius 2 is 1.96 bits per heavy atom. The SMILES string of the molecule is CCN(c1cc(Nc2ccc(C)cc2C)nc(C)n1)C1CCS(=O)(=O)C1. The third-order valence-corrected chi connectivity index (χ3v) is 6.50. The number of aromatic nitrogens is 2. The van der Waals surface area contributed by atoms with Gasteiger partial charge in [-0.2, -0.15) is 0 Å². The Bertz CT molecular complexity index is 912. The molecule has 7 heteroatoms. The summed E-state index contributed by atoms with van der Waals surface area (Å²) in [6, 6.07) is 8.11. The minimum atomic E-state index is -2.94. The van der Waals surface area contributed by atoms with E-state index in [9.17, 15) is 8.42 Å². The maximum atomic E-state index is 11.9. The van der Waals surface area contributed by atoms with Crippen molar-refractivity contribution in [1.82, 2.24) is 9.97 Å². The van der Waals surface area contributed by atoms with Crippen LogP contribution in [0.25, 0.3) is 0 Å². The van der Waals surface area contributed by atoms with Crippen molar-refractivity contribution in [2.24, 2.45) is 0 Å². The van der Waals surface area contributed by atoms with Gasteiger partial charge >= 0.3 is 0 Å². The molecule has 1 saturated heterocycles. The molecule has 1 aromatic carbocycles. The first-order chi connectivity index (χ1) is 12.3. The molecule has 1 aliphatic heterocycles. The minimum Gasteiger partial charge on any atom is -0.353 e. The van der Waals surface area contributed by atoms with Gasteiger partial charge in [0.1, 0.15) is 17.5 Å². The van der Waals surface area contributed by atoms with Crippen molar-refractivity contribution in [2.45, 2.75) is 40.2 Å². The molecule has 1 aromatic heterocycles. The largest absolute Gasteiger partial charge is 0.353 e. The number of sulfone groups is 1. The third kappa shape index (κ3) is 4.15. The van der Waals surface area contributed by atoms with Crippen LogP contribution in [-0.4, -0.2) is 42.5 Å². The van der Waals surface area contributed by atoms with Gasteiger partial charge in [-0.15, -0.1) is 0 Å². The van der Waals surface area contributed by atoms with Gasteiger partial charge in [0.05, 0.1) is 11.5 Å². The van der Waals surface area contributed by atoms with Gasteiger partial charge in [0, 0.05) is 24.3 Å². The standard InChI is InChI=1S/C19H26N4O2S/c1-5-23(16-8-9-26(24,25)12-16)19-11-18(20-15(4)21-19)22-17-7-6-13(2)10-14(17)3/h6-7,10-11,16H,5,8-9,12H2,1-4H3,(H,20,21,22). The molecule has 26 heavy (non-hydrogen) atoms. The Hall–Kier alpha value is -2.15. The van der Waals surface area contributed by atoms with E-state index in [1.165, 1.54) is 5.56 Å². The Balaban J connectivity index is 1.89. The van der Waals surface area contributed by atoms with Crippen molar-refractivity contribution < 1.29 is 8.42 Å². The fourth-order valence-corrected chi connectivity index (χ4v) is 5.21. The zero-order chi connectivity index (χ0) is 18.9. The molecule has 0 amide bonds. The monoisotopic (exact) mass is 374 g/mol. The first-order valence-corrected chi connectivity index (χ1v) is 10.8. The van der Waals surface area contributed by atoms with Crippen LogP contribution in [0, 0.1) is 20.8 Å². The number of nitrogens with zero attached hydrogens (tertiary/aromatic N) is 3. The first kappa shape index (κ1) is 18.6. The van der Waals surface area contributed by atoms with Crippen molar-refractivity contribution in [1.29, 1.82) is 0 Å². The van der Waals surface area contributed by atoms with Crippen molar-refractivity contribution in [3.63, 3.8) is 0 Å². The number of hydrogen-bond donors (Lipinski definition) is 1. The number of nitrogens with one attached hydrogen (secondary N) is 1. The van der Waals surface area contributed by atoms with Gasteiger partial charge in [0.25, 0.3) is 0 Å². The second-order valence-electron chi connectivity index (χ2n) is 6.94.